The Morgan fingerprint density at radius 2 is 1.83 bits per heavy atom. The summed E-state index contributed by atoms with van der Waals surface area (Å²) >= 11 is 0. The number of amides is 1. The van der Waals surface area contributed by atoms with E-state index in [0.29, 0.717) is 0 Å². The Balaban J connectivity index is 4.02. The highest BCUT2D eigenvalue weighted by Gasteiger charge is 2.24. The molecule has 3 N–H and O–H groups in total. The van der Waals surface area contributed by atoms with Gasteiger partial charge < -0.3 is 15.5 Å². The third-order valence-corrected chi connectivity index (χ3v) is 1.80. The van der Waals surface area contributed by atoms with Gasteiger partial charge in [0.1, 0.15) is 6.10 Å². The van der Waals surface area contributed by atoms with Gasteiger partial charge in [0.2, 0.25) is 5.91 Å². The van der Waals surface area contributed by atoms with E-state index in [4.69, 9.17) is 5.11 Å². The van der Waals surface area contributed by atoms with E-state index in [9.17, 15) is 9.90 Å². The molecule has 0 bridgehead atoms. The maximum absolute atomic E-state index is 10.9. The van der Waals surface area contributed by atoms with Crippen LogP contribution in [0.3, 0.4) is 0 Å². The van der Waals surface area contributed by atoms with E-state index in [0.717, 1.165) is 0 Å². The second-order valence-electron chi connectivity index (χ2n) is 3.56. The van der Waals surface area contributed by atoms with E-state index < -0.39 is 17.6 Å². The van der Waals surface area contributed by atoms with Crippen LogP contribution in [-0.4, -0.2) is 33.9 Å². The van der Waals surface area contributed by atoms with E-state index in [1.165, 1.54) is 6.92 Å². The normalized spacial score (nSPS) is 16.8. The lowest BCUT2D eigenvalue weighted by Gasteiger charge is -2.27. The molecule has 0 aliphatic rings. The van der Waals surface area contributed by atoms with Crippen LogP contribution in [0.5, 0.6) is 0 Å². The van der Waals surface area contributed by atoms with E-state index in [2.05, 4.69) is 5.32 Å². The fourth-order valence-corrected chi connectivity index (χ4v) is 0.511. The highest BCUT2D eigenvalue weighted by Crippen LogP contribution is 2.07. The lowest BCUT2D eigenvalue weighted by atomic mass is 10.0. The average Bonchev–Trinajstić information content (AvgIpc) is 1.85. The first-order valence-electron chi connectivity index (χ1n) is 3.96. The van der Waals surface area contributed by atoms with E-state index in [1.54, 1.807) is 20.8 Å². The molecule has 72 valence electrons. The minimum Gasteiger partial charge on any atom is -0.388 e. The molecule has 0 spiro atoms. The molecule has 0 rings (SSSR count). The molecule has 0 aromatic heterocycles. The van der Waals surface area contributed by atoms with Crippen LogP contribution in [0.2, 0.25) is 0 Å². The van der Waals surface area contributed by atoms with Crippen molar-refractivity contribution in [3.05, 3.63) is 0 Å². The van der Waals surface area contributed by atoms with Gasteiger partial charge in [0.15, 0.2) is 0 Å². The van der Waals surface area contributed by atoms with Crippen LogP contribution in [0.1, 0.15) is 27.7 Å². The van der Waals surface area contributed by atoms with Crippen molar-refractivity contribution >= 4 is 5.91 Å². The maximum atomic E-state index is 10.9. The van der Waals surface area contributed by atoms with Crippen molar-refractivity contribution in [2.45, 2.75) is 45.4 Å². The molecule has 0 aliphatic heterocycles. The zero-order chi connectivity index (χ0) is 9.94. The van der Waals surface area contributed by atoms with Crippen LogP contribution in [0.25, 0.3) is 0 Å². The van der Waals surface area contributed by atoms with Crippen molar-refractivity contribution in [3.8, 4) is 0 Å². The first kappa shape index (κ1) is 11.4. The number of hydrogen-bond donors (Lipinski definition) is 3. The molecule has 4 nitrogen and oxygen atoms in total. The molecule has 12 heavy (non-hydrogen) atoms. The zero-order valence-electron chi connectivity index (χ0n) is 7.96. The van der Waals surface area contributed by atoms with Gasteiger partial charge in [-0.3, -0.25) is 4.79 Å². The van der Waals surface area contributed by atoms with Crippen molar-refractivity contribution in [1.82, 2.24) is 5.32 Å². The summed E-state index contributed by atoms with van der Waals surface area (Å²) in [6, 6.07) is -0.375. The molecule has 0 radical (unpaired) electrons. The maximum Gasteiger partial charge on any atom is 0.248 e. The van der Waals surface area contributed by atoms with Crippen LogP contribution < -0.4 is 5.32 Å². The number of carbonyl (C=O) groups is 1. The predicted octanol–water partition coefficient (Wildman–Crippen LogP) is -0.357. The molecule has 2 atom stereocenters. The molecule has 1 amide bonds. The fraction of sp³-hybridized carbons (Fsp3) is 0.875. The van der Waals surface area contributed by atoms with Crippen LogP contribution >= 0.6 is 0 Å². The van der Waals surface area contributed by atoms with Gasteiger partial charge in [-0.05, 0) is 27.7 Å². The number of aliphatic hydroxyl groups excluding tert-OH is 1. The molecule has 1 unspecified atom stereocenters. The lowest BCUT2D eigenvalue weighted by Crippen LogP contribution is -2.49. The predicted molar refractivity (Wildman–Crippen MR) is 45.6 cm³/mol. The molecule has 0 heterocycles. The second kappa shape index (κ2) is 3.87. The molecule has 0 saturated heterocycles. The summed E-state index contributed by atoms with van der Waals surface area (Å²) in [6.07, 6.45) is -1.03. The number of hydrogen-bond acceptors (Lipinski definition) is 3. The van der Waals surface area contributed by atoms with Gasteiger partial charge in [-0.1, -0.05) is 0 Å². The molecular formula is C8H17NO3. The molecule has 0 fully saturated rings. The number of nitrogens with one attached hydrogen (secondary N) is 1. The summed E-state index contributed by atoms with van der Waals surface area (Å²) in [4.78, 5) is 10.9. The van der Waals surface area contributed by atoms with Crippen LogP contribution in [-0.2, 0) is 4.79 Å². The summed E-state index contributed by atoms with van der Waals surface area (Å²) in [5, 5.41) is 20.7. The molecular weight excluding hydrogens is 158 g/mol. The lowest BCUT2D eigenvalue weighted by molar-refractivity contribution is -0.130. The van der Waals surface area contributed by atoms with Crippen LogP contribution in [0, 0.1) is 0 Å². The summed E-state index contributed by atoms with van der Waals surface area (Å²) in [5.74, 6) is -0.468. The Morgan fingerprint density at radius 3 is 2.08 bits per heavy atom. The fourth-order valence-electron chi connectivity index (χ4n) is 0.511. The smallest absolute Gasteiger partial charge is 0.248 e. The summed E-state index contributed by atoms with van der Waals surface area (Å²) in [5.41, 5.74) is -0.968. The first-order chi connectivity index (χ1) is 5.25. The van der Waals surface area contributed by atoms with Gasteiger partial charge in [0.25, 0.3) is 0 Å². The Morgan fingerprint density at radius 1 is 1.42 bits per heavy atom. The number of carbonyl (C=O) groups excluding carboxylic acids is 1. The van der Waals surface area contributed by atoms with Gasteiger partial charge in [-0.15, -0.1) is 0 Å². The highest BCUT2D eigenvalue weighted by atomic mass is 16.3. The number of rotatable bonds is 3. The minimum atomic E-state index is -1.03. The van der Waals surface area contributed by atoms with E-state index in [1.807, 2.05) is 0 Å². The zero-order valence-corrected chi connectivity index (χ0v) is 7.96. The topological polar surface area (TPSA) is 69.6 Å². The van der Waals surface area contributed by atoms with E-state index >= 15 is 0 Å². The van der Waals surface area contributed by atoms with Gasteiger partial charge in [0.05, 0.1) is 11.6 Å². The minimum absolute atomic E-state index is 0.375. The highest BCUT2D eigenvalue weighted by molar-refractivity contribution is 5.80. The Hall–Kier alpha value is -0.610. The average molecular weight is 175 g/mol. The van der Waals surface area contributed by atoms with Crippen molar-refractivity contribution in [3.63, 3.8) is 0 Å². The van der Waals surface area contributed by atoms with Crippen molar-refractivity contribution < 1.29 is 15.0 Å². The SMILES string of the molecule is CC(NC(=O)[C@H](C)O)C(C)(C)O. The molecule has 0 aromatic carbocycles. The van der Waals surface area contributed by atoms with Crippen molar-refractivity contribution in [1.29, 1.82) is 0 Å². The van der Waals surface area contributed by atoms with Crippen molar-refractivity contribution in [2.24, 2.45) is 0 Å². The van der Waals surface area contributed by atoms with Gasteiger partial charge >= 0.3 is 0 Å². The first-order valence-corrected chi connectivity index (χ1v) is 3.96. The second-order valence-corrected chi connectivity index (χ2v) is 3.56. The Bertz CT molecular complexity index is 160. The van der Waals surface area contributed by atoms with Gasteiger partial charge in [0, 0.05) is 0 Å². The molecule has 0 aromatic rings. The molecule has 0 saturated carbocycles. The van der Waals surface area contributed by atoms with Crippen LogP contribution in [0.4, 0.5) is 0 Å². The molecule has 4 heteroatoms. The van der Waals surface area contributed by atoms with E-state index in [-0.39, 0.29) is 6.04 Å². The number of aliphatic hydroxyl groups is 2. The third kappa shape index (κ3) is 3.69. The van der Waals surface area contributed by atoms with Crippen molar-refractivity contribution in [2.75, 3.05) is 0 Å². The van der Waals surface area contributed by atoms with Crippen LogP contribution in [0.15, 0.2) is 0 Å². The van der Waals surface area contributed by atoms with Gasteiger partial charge in [-0.2, -0.15) is 0 Å². The quantitative estimate of drug-likeness (QED) is 0.548. The summed E-state index contributed by atoms with van der Waals surface area (Å²) < 4.78 is 0. The third-order valence-electron chi connectivity index (χ3n) is 1.80. The standard InChI is InChI=1S/C8H17NO3/c1-5(10)7(11)9-6(2)8(3,4)12/h5-6,10,12H,1-4H3,(H,9,11)/t5-,6?/m0/s1. The summed E-state index contributed by atoms with van der Waals surface area (Å²) in [7, 11) is 0. The Kier molecular flexibility index (Phi) is 3.67. The monoisotopic (exact) mass is 175 g/mol. The molecule has 0 aliphatic carbocycles. The largest absolute Gasteiger partial charge is 0.388 e. The summed E-state index contributed by atoms with van der Waals surface area (Å²) in [6.45, 7) is 6.26. The Labute approximate surface area is 72.6 Å². The van der Waals surface area contributed by atoms with Gasteiger partial charge in [-0.25, -0.2) is 0 Å².